The Bertz CT molecular complexity index is 581. The maximum Gasteiger partial charge on any atom is 0.175 e. The number of hydrogen-bond acceptors (Lipinski definition) is 5. The summed E-state index contributed by atoms with van der Waals surface area (Å²) in [5.41, 5.74) is 1.96. The van der Waals surface area contributed by atoms with Gasteiger partial charge in [0.25, 0.3) is 0 Å². The molecular weight excluding hydrogens is 294 g/mol. The lowest BCUT2D eigenvalue weighted by Crippen LogP contribution is -2.34. The monoisotopic (exact) mass is 317 g/mol. The first-order chi connectivity index (χ1) is 10.8. The van der Waals surface area contributed by atoms with Crippen molar-refractivity contribution in [2.75, 3.05) is 20.2 Å². The van der Waals surface area contributed by atoms with E-state index in [4.69, 9.17) is 4.74 Å². The highest BCUT2D eigenvalue weighted by atomic mass is 32.1. The van der Waals surface area contributed by atoms with Gasteiger partial charge in [-0.2, -0.15) is 5.26 Å². The molecule has 0 spiro atoms. The Hall–Kier alpha value is -1.38. The molecule has 4 nitrogen and oxygen atoms in total. The summed E-state index contributed by atoms with van der Waals surface area (Å²) in [4.78, 5) is 8.14. The van der Waals surface area contributed by atoms with E-state index in [1.54, 1.807) is 18.4 Å². The van der Waals surface area contributed by atoms with Gasteiger partial charge < -0.3 is 4.74 Å². The van der Waals surface area contributed by atoms with Crippen molar-refractivity contribution in [2.45, 2.75) is 45.1 Å². The smallest absolute Gasteiger partial charge is 0.175 e. The molecule has 1 aromatic heterocycles. The molecule has 1 aliphatic carbocycles. The van der Waals surface area contributed by atoms with Crippen molar-refractivity contribution in [1.29, 1.82) is 5.26 Å². The topological polar surface area (TPSA) is 48.6 Å². The van der Waals surface area contributed by atoms with Crippen LogP contribution < -0.4 is 0 Å². The minimum Gasteiger partial charge on any atom is -0.486 e. The number of aliphatic imine (C=N–C) groups is 1. The number of thiophene rings is 1. The Morgan fingerprint density at radius 1 is 1.41 bits per heavy atom. The highest BCUT2D eigenvalue weighted by Gasteiger charge is 2.26. The third kappa shape index (κ3) is 3.34. The minimum atomic E-state index is 0.752. The standard InChI is InChI=1S/C17H23N3OS/c1-21-12-19-17-14(9-18)15-11-20(8-7-16(15)22-17)10-13-5-3-2-4-6-13/h12-13H,2-8,10-11H2,1H3. The summed E-state index contributed by atoms with van der Waals surface area (Å²) in [7, 11) is 1.58. The van der Waals surface area contributed by atoms with Gasteiger partial charge in [-0.3, -0.25) is 4.90 Å². The molecule has 118 valence electrons. The second kappa shape index (κ2) is 7.26. The van der Waals surface area contributed by atoms with E-state index in [9.17, 15) is 5.26 Å². The number of nitrogens with zero attached hydrogens (tertiary/aromatic N) is 3. The number of methoxy groups -OCH3 is 1. The number of nitriles is 1. The average Bonchev–Trinajstić information content (AvgIpc) is 2.90. The van der Waals surface area contributed by atoms with Crippen LogP contribution in [0.1, 0.15) is 48.1 Å². The summed E-state index contributed by atoms with van der Waals surface area (Å²) >= 11 is 1.65. The van der Waals surface area contributed by atoms with Crippen LogP contribution >= 0.6 is 11.3 Å². The van der Waals surface area contributed by atoms with Crippen LogP contribution in [0.3, 0.4) is 0 Å². The van der Waals surface area contributed by atoms with Crippen molar-refractivity contribution in [2.24, 2.45) is 10.9 Å². The number of ether oxygens (including phenoxy) is 1. The third-order valence-electron chi connectivity index (χ3n) is 4.74. The molecule has 5 heteroatoms. The summed E-state index contributed by atoms with van der Waals surface area (Å²) < 4.78 is 4.89. The summed E-state index contributed by atoms with van der Waals surface area (Å²) in [6.07, 6.45) is 9.40. The fourth-order valence-electron chi connectivity index (χ4n) is 3.63. The molecule has 0 bridgehead atoms. The van der Waals surface area contributed by atoms with Crippen LogP contribution in [-0.2, 0) is 17.7 Å². The van der Waals surface area contributed by atoms with Gasteiger partial charge in [-0.25, -0.2) is 4.99 Å². The quantitative estimate of drug-likeness (QED) is 0.626. The molecule has 3 rings (SSSR count). The van der Waals surface area contributed by atoms with Gasteiger partial charge in [-0.15, -0.1) is 11.3 Å². The predicted molar refractivity (Wildman–Crippen MR) is 89.8 cm³/mol. The molecule has 0 N–H and O–H groups in total. The normalized spacial score (nSPS) is 20.0. The van der Waals surface area contributed by atoms with Crippen LogP contribution in [0.25, 0.3) is 0 Å². The Morgan fingerprint density at radius 2 is 2.23 bits per heavy atom. The van der Waals surface area contributed by atoms with Gasteiger partial charge in [-0.05, 0) is 25.2 Å². The molecule has 0 saturated heterocycles. The van der Waals surface area contributed by atoms with Gasteiger partial charge in [0.2, 0.25) is 0 Å². The van der Waals surface area contributed by atoms with Gasteiger partial charge in [-0.1, -0.05) is 19.3 Å². The summed E-state index contributed by atoms with van der Waals surface area (Å²) in [5, 5.41) is 10.3. The van der Waals surface area contributed by atoms with Crippen molar-refractivity contribution >= 4 is 22.7 Å². The number of fused-ring (bicyclic) bond motifs is 1. The molecule has 0 atom stereocenters. The molecule has 1 saturated carbocycles. The average molecular weight is 317 g/mol. The molecule has 0 aromatic carbocycles. The van der Waals surface area contributed by atoms with Crippen LogP contribution in [0.4, 0.5) is 5.00 Å². The molecule has 2 aliphatic rings. The van der Waals surface area contributed by atoms with Gasteiger partial charge in [0.1, 0.15) is 11.1 Å². The lowest BCUT2D eigenvalue weighted by molar-refractivity contribution is 0.188. The van der Waals surface area contributed by atoms with Crippen molar-refractivity contribution in [3.8, 4) is 6.07 Å². The maximum absolute atomic E-state index is 9.49. The van der Waals surface area contributed by atoms with E-state index in [1.807, 2.05) is 0 Å². The van der Waals surface area contributed by atoms with Gasteiger partial charge >= 0.3 is 0 Å². The van der Waals surface area contributed by atoms with Crippen molar-refractivity contribution < 1.29 is 4.74 Å². The first-order valence-electron chi connectivity index (χ1n) is 8.14. The molecule has 0 radical (unpaired) electrons. The number of hydrogen-bond donors (Lipinski definition) is 0. The zero-order valence-corrected chi connectivity index (χ0v) is 14.0. The van der Waals surface area contributed by atoms with E-state index >= 15 is 0 Å². The molecular formula is C17H23N3OS. The Kier molecular flexibility index (Phi) is 5.12. The summed E-state index contributed by atoms with van der Waals surface area (Å²) in [5.74, 6) is 0.852. The zero-order valence-electron chi connectivity index (χ0n) is 13.2. The maximum atomic E-state index is 9.49. The molecule has 1 aliphatic heterocycles. The zero-order chi connectivity index (χ0) is 15.4. The van der Waals surface area contributed by atoms with Crippen LogP contribution in [0.2, 0.25) is 0 Å². The lowest BCUT2D eigenvalue weighted by atomic mass is 9.88. The molecule has 2 heterocycles. The van der Waals surface area contributed by atoms with Crippen molar-refractivity contribution in [1.82, 2.24) is 4.90 Å². The highest BCUT2D eigenvalue weighted by molar-refractivity contribution is 7.16. The number of rotatable bonds is 4. The molecule has 1 fully saturated rings. The lowest BCUT2D eigenvalue weighted by Gasteiger charge is -2.32. The molecule has 22 heavy (non-hydrogen) atoms. The SMILES string of the molecule is COC=Nc1sc2c(c1C#N)CN(CC1CCCCC1)CC2. The van der Waals surface area contributed by atoms with E-state index < -0.39 is 0 Å². The molecule has 1 aromatic rings. The van der Waals surface area contributed by atoms with Crippen molar-refractivity contribution in [3.05, 3.63) is 16.0 Å². The summed E-state index contributed by atoms with van der Waals surface area (Å²) in [6.45, 7) is 3.22. The Morgan fingerprint density at radius 3 is 2.95 bits per heavy atom. The predicted octanol–water partition coefficient (Wildman–Crippen LogP) is 3.86. The van der Waals surface area contributed by atoms with E-state index in [0.717, 1.165) is 36.0 Å². The third-order valence-corrected chi connectivity index (χ3v) is 5.94. The van der Waals surface area contributed by atoms with Gasteiger partial charge in [0.15, 0.2) is 6.40 Å². The fourth-order valence-corrected chi connectivity index (χ4v) is 4.71. The Balaban J connectivity index is 1.72. The first-order valence-corrected chi connectivity index (χ1v) is 8.95. The second-order valence-corrected chi connectivity index (χ2v) is 7.34. The van der Waals surface area contributed by atoms with Crippen LogP contribution in [0.15, 0.2) is 4.99 Å². The summed E-state index contributed by atoms with van der Waals surface area (Å²) in [6, 6.07) is 2.35. The highest BCUT2D eigenvalue weighted by Crippen LogP contribution is 2.38. The molecule has 0 amide bonds. The van der Waals surface area contributed by atoms with E-state index in [0.29, 0.717) is 0 Å². The van der Waals surface area contributed by atoms with E-state index in [-0.39, 0.29) is 0 Å². The van der Waals surface area contributed by atoms with Crippen molar-refractivity contribution in [3.63, 3.8) is 0 Å². The Labute approximate surface area is 136 Å². The van der Waals surface area contributed by atoms with E-state index in [2.05, 4.69) is 16.0 Å². The van der Waals surface area contributed by atoms with Crippen LogP contribution in [-0.4, -0.2) is 31.5 Å². The van der Waals surface area contributed by atoms with Crippen LogP contribution in [0.5, 0.6) is 0 Å². The van der Waals surface area contributed by atoms with Crippen LogP contribution in [0, 0.1) is 17.2 Å². The largest absolute Gasteiger partial charge is 0.486 e. The fraction of sp³-hybridized carbons (Fsp3) is 0.647. The van der Waals surface area contributed by atoms with Gasteiger partial charge in [0, 0.05) is 30.1 Å². The second-order valence-electron chi connectivity index (χ2n) is 6.26. The van der Waals surface area contributed by atoms with E-state index in [1.165, 1.54) is 55.5 Å². The van der Waals surface area contributed by atoms with Gasteiger partial charge in [0.05, 0.1) is 12.7 Å². The first kappa shape index (κ1) is 15.5. The minimum absolute atomic E-state index is 0.752. The molecule has 0 unspecified atom stereocenters.